The van der Waals surface area contributed by atoms with E-state index in [0.717, 1.165) is 25.7 Å². The predicted molar refractivity (Wildman–Crippen MR) is 128 cm³/mol. The van der Waals surface area contributed by atoms with Crippen LogP contribution in [0, 0.1) is 5.92 Å². The Kier molecular flexibility index (Phi) is 11.8. The molecule has 1 saturated carbocycles. The lowest BCUT2D eigenvalue weighted by Gasteiger charge is -2.21. The summed E-state index contributed by atoms with van der Waals surface area (Å²) in [7, 11) is 0. The van der Waals surface area contributed by atoms with Crippen molar-refractivity contribution in [3.8, 4) is 0 Å². The quantitative estimate of drug-likeness (QED) is 0.370. The minimum absolute atomic E-state index is 0.0551. The summed E-state index contributed by atoms with van der Waals surface area (Å²) in [5.74, 6) is -1.02. The van der Waals surface area contributed by atoms with Gasteiger partial charge >= 0.3 is 12.0 Å². The van der Waals surface area contributed by atoms with Crippen LogP contribution in [0.1, 0.15) is 69.2 Å². The van der Waals surface area contributed by atoms with Crippen molar-refractivity contribution < 1.29 is 23.9 Å². The third-order valence-electron chi connectivity index (χ3n) is 5.19. The highest BCUT2D eigenvalue weighted by atomic mass is 32.2. The summed E-state index contributed by atoms with van der Waals surface area (Å²) < 4.78 is 5.07. The molecule has 3 N–H and O–H groups in total. The molecule has 0 aliphatic heterocycles. The Bertz CT molecular complexity index is 807. The van der Waals surface area contributed by atoms with E-state index in [1.807, 2.05) is 13.8 Å². The molecule has 33 heavy (non-hydrogen) atoms. The van der Waals surface area contributed by atoms with Crippen LogP contribution in [0.25, 0.3) is 0 Å². The zero-order valence-electron chi connectivity index (χ0n) is 19.5. The van der Waals surface area contributed by atoms with Crippen molar-refractivity contribution >= 4 is 35.6 Å². The summed E-state index contributed by atoms with van der Waals surface area (Å²) >= 11 is 1.26. The van der Waals surface area contributed by atoms with Crippen LogP contribution < -0.4 is 16.0 Å². The second-order valence-electron chi connectivity index (χ2n) is 8.62. The van der Waals surface area contributed by atoms with Gasteiger partial charge in [0, 0.05) is 17.5 Å². The van der Waals surface area contributed by atoms with Crippen LogP contribution in [0.3, 0.4) is 0 Å². The van der Waals surface area contributed by atoms with Gasteiger partial charge in [-0.1, -0.05) is 58.1 Å². The average molecular weight is 478 g/mol. The number of thioether (sulfide) groups is 1. The van der Waals surface area contributed by atoms with Gasteiger partial charge in [-0.2, -0.15) is 0 Å². The normalized spacial score (nSPS) is 14.6. The van der Waals surface area contributed by atoms with Gasteiger partial charge in [-0.25, -0.2) is 9.59 Å². The molecule has 1 aromatic carbocycles. The lowest BCUT2D eigenvalue weighted by Crippen LogP contribution is -2.42. The lowest BCUT2D eigenvalue weighted by atomic mass is 9.97. The monoisotopic (exact) mass is 477 g/mol. The number of benzene rings is 1. The zero-order chi connectivity index (χ0) is 24.1. The Hall–Kier alpha value is -2.55. The number of nitrogens with one attached hydrogen (secondary N) is 3. The number of carbonyl (C=O) groups excluding carboxylic acids is 4. The maximum Gasteiger partial charge on any atom is 0.339 e. The van der Waals surface area contributed by atoms with E-state index in [4.69, 9.17) is 4.74 Å². The molecule has 0 unspecified atom stereocenters. The van der Waals surface area contributed by atoms with Gasteiger partial charge < -0.3 is 15.4 Å². The van der Waals surface area contributed by atoms with Crippen LogP contribution in [-0.2, 0) is 14.3 Å². The number of amides is 4. The molecular formula is C24H35N3O5S. The molecule has 0 spiro atoms. The summed E-state index contributed by atoms with van der Waals surface area (Å²) in [5.41, 5.74) is 0.276. The van der Waals surface area contributed by atoms with E-state index in [2.05, 4.69) is 16.0 Å². The average Bonchev–Trinajstić information content (AvgIpc) is 2.76. The van der Waals surface area contributed by atoms with Crippen LogP contribution >= 0.6 is 11.8 Å². The molecule has 8 nitrogen and oxygen atoms in total. The fourth-order valence-electron chi connectivity index (χ4n) is 3.49. The molecule has 1 aliphatic carbocycles. The van der Waals surface area contributed by atoms with E-state index in [0.29, 0.717) is 11.4 Å². The number of hydrogen-bond acceptors (Lipinski definition) is 6. The third-order valence-corrected chi connectivity index (χ3v) is 6.27. The second kappa shape index (κ2) is 14.6. The minimum Gasteiger partial charge on any atom is -0.452 e. The molecule has 1 aromatic rings. The molecule has 2 rings (SSSR count). The molecule has 0 bridgehead atoms. The van der Waals surface area contributed by atoms with Gasteiger partial charge in [-0.3, -0.25) is 14.9 Å². The summed E-state index contributed by atoms with van der Waals surface area (Å²) in [6.07, 6.45) is 8.01. The van der Waals surface area contributed by atoms with Crippen molar-refractivity contribution in [3.63, 3.8) is 0 Å². The molecular weight excluding hydrogens is 442 g/mol. The summed E-state index contributed by atoms with van der Waals surface area (Å²) in [6.45, 7) is 3.72. The van der Waals surface area contributed by atoms with Gasteiger partial charge in [-0.05, 0) is 30.9 Å². The smallest absolute Gasteiger partial charge is 0.339 e. The van der Waals surface area contributed by atoms with Gasteiger partial charge in [0.1, 0.15) is 0 Å². The fraction of sp³-hybridized carbons (Fsp3) is 0.583. The Morgan fingerprint density at radius 1 is 1.00 bits per heavy atom. The van der Waals surface area contributed by atoms with Gasteiger partial charge in [0.25, 0.3) is 5.91 Å². The number of hydrogen-bond donors (Lipinski definition) is 3. The molecule has 0 atom stereocenters. The number of rotatable bonds is 9. The Balaban J connectivity index is 1.80. The summed E-state index contributed by atoms with van der Waals surface area (Å²) in [4.78, 5) is 49.0. The lowest BCUT2D eigenvalue weighted by molar-refractivity contribution is -0.123. The Morgan fingerprint density at radius 3 is 2.36 bits per heavy atom. The largest absolute Gasteiger partial charge is 0.452 e. The number of imide groups is 1. The molecule has 9 heteroatoms. The van der Waals surface area contributed by atoms with Crippen LogP contribution in [0.4, 0.5) is 4.79 Å². The van der Waals surface area contributed by atoms with Crippen molar-refractivity contribution in [2.24, 2.45) is 5.92 Å². The molecule has 0 saturated heterocycles. The highest BCUT2D eigenvalue weighted by Gasteiger charge is 2.18. The highest BCUT2D eigenvalue weighted by Crippen LogP contribution is 2.24. The predicted octanol–water partition coefficient (Wildman–Crippen LogP) is 3.65. The SMILES string of the molecule is CC(C)CNC(=O)NC(=O)COC(=O)c1ccccc1SCC(=O)NC1CCCCCCC1. The van der Waals surface area contributed by atoms with Crippen LogP contribution in [-0.4, -0.2) is 48.8 Å². The molecule has 0 radical (unpaired) electrons. The third kappa shape index (κ3) is 10.7. The molecule has 1 fully saturated rings. The number of carbonyl (C=O) groups is 4. The zero-order valence-corrected chi connectivity index (χ0v) is 20.3. The second-order valence-corrected chi connectivity index (χ2v) is 9.64. The van der Waals surface area contributed by atoms with Crippen LogP contribution in [0.2, 0.25) is 0 Å². The Morgan fingerprint density at radius 2 is 1.67 bits per heavy atom. The van der Waals surface area contributed by atoms with E-state index >= 15 is 0 Å². The summed E-state index contributed by atoms with van der Waals surface area (Å²) in [6, 6.07) is 6.38. The first-order valence-electron chi connectivity index (χ1n) is 11.6. The number of urea groups is 1. The van der Waals surface area contributed by atoms with Gasteiger partial charge in [0.15, 0.2) is 6.61 Å². The van der Waals surface area contributed by atoms with Crippen molar-refractivity contribution in [3.05, 3.63) is 29.8 Å². The first-order valence-corrected chi connectivity index (χ1v) is 12.6. The molecule has 0 heterocycles. The first-order chi connectivity index (χ1) is 15.8. The van der Waals surface area contributed by atoms with E-state index in [9.17, 15) is 19.2 Å². The van der Waals surface area contributed by atoms with E-state index in [1.54, 1.807) is 24.3 Å². The topological polar surface area (TPSA) is 114 Å². The van der Waals surface area contributed by atoms with Crippen LogP contribution in [0.5, 0.6) is 0 Å². The van der Waals surface area contributed by atoms with Gasteiger partial charge in [0.05, 0.1) is 11.3 Å². The van der Waals surface area contributed by atoms with Crippen molar-refractivity contribution in [1.82, 2.24) is 16.0 Å². The van der Waals surface area contributed by atoms with E-state index in [1.165, 1.54) is 31.0 Å². The first kappa shape index (κ1) is 26.7. The fourth-order valence-corrected chi connectivity index (χ4v) is 4.34. The molecule has 1 aliphatic rings. The molecule has 0 aromatic heterocycles. The highest BCUT2D eigenvalue weighted by molar-refractivity contribution is 8.00. The summed E-state index contributed by atoms with van der Waals surface area (Å²) in [5, 5.41) is 7.79. The van der Waals surface area contributed by atoms with E-state index in [-0.39, 0.29) is 29.2 Å². The number of esters is 1. The Labute approximate surface area is 200 Å². The number of ether oxygens (including phenoxy) is 1. The molecule has 4 amide bonds. The van der Waals surface area contributed by atoms with Crippen molar-refractivity contribution in [1.29, 1.82) is 0 Å². The standard InChI is InChI=1S/C24H35N3O5S/c1-17(2)14-25-24(31)27-21(28)15-32-23(30)19-12-8-9-13-20(19)33-16-22(29)26-18-10-6-4-3-5-7-11-18/h8-9,12-13,17-18H,3-7,10-11,14-16H2,1-2H3,(H,26,29)(H2,25,27,28,31). The van der Waals surface area contributed by atoms with E-state index < -0.39 is 24.5 Å². The minimum atomic E-state index is -0.715. The van der Waals surface area contributed by atoms with Crippen molar-refractivity contribution in [2.75, 3.05) is 18.9 Å². The molecule has 182 valence electrons. The van der Waals surface area contributed by atoms with Gasteiger partial charge in [-0.15, -0.1) is 11.8 Å². The maximum atomic E-state index is 12.5. The maximum absolute atomic E-state index is 12.5. The van der Waals surface area contributed by atoms with Crippen molar-refractivity contribution in [2.45, 2.75) is 69.7 Å². The van der Waals surface area contributed by atoms with Gasteiger partial charge in [0.2, 0.25) is 5.91 Å². The van der Waals surface area contributed by atoms with Crippen LogP contribution in [0.15, 0.2) is 29.2 Å².